The highest BCUT2D eigenvalue weighted by Crippen LogP contribution is 2.23. The lowest BCUT2D eigenvalue weighted by Gasteiger charge is -2.39. The van der Waals surface area contributed by atoms with Crippen molar-refractivity contribution < 1.29 is 19.1 Å². The second-order valence-corrected chi connectivity index (χ2v) is 6.18. The second kappa shape index (κ2) is 7.06. The minimum Gasteiger partial charge on any atom is -0.423 e. The molecular formula is C18H23NO4. The molecule has 1 aliphatic heterocycles. The molecule has 0 amide bonds. The molecule has 0 atom stereocenters. The molecule has 0 N–H and O–H groups in total. The predicted molar refractivity (Wildman–Crippen MR) is 87.7 cm³/mol. The van der Waals surface area contributed by atoms with Gasteiger partial charge in [0, 0.05) is 24.2 Å². The first-order valence-electron chi connectivity index (χ1n) is 7.67. The monoisotopic (exact) mass is 317 g/mol. The molecule has 0 aliphatic carbocycles. The van der Waals surface area contributed by atoms with Crippen molar-refractivity contribution in [3.05, 3.63) is 42.0 Å². The smallest absolute Gasteiger partial charge is 0.338 e. The molecule has 1 aromatic rings. The summed E-state index contributed by atoms with van der Waals surface area (Å²) in [5, 5.41) is 0. The number of ketones is 1. The molecule has 1 aromatic carbocycles. The van der Waals surface area contributed by atoms with Crippen LogP contribution in [0.25, 0.3) is 0 Å². The fourth-order valence-corrected chi connectivity index (χ4v) is 2.49. The summed E-state index contributed by atoms with van der Waals surface area (Å²) in [6, 6.07) is 6.63. The SMILES string of the molecule is C=C(C)C(=O)Oc1ccc(C(=O)C(C)(C)N2CCOCC2)cc1. The normalized spacial score (nSPS) is 16.0. The molecule has 124 valence electrons. The van der Waals surface area contributed by atoms with Crippen molar-refractivity contribution in [3.63, 3.8) is 0 Å². The summed E-state index contributed by atoms with van der Waals surface area (Å²) in [5.74, 6) is -0.0337. The van der Waals surface area contributed by atoms with Gasteiger partial charge >= 0.3 is 5.97 Å². The molecule has 0 bridgehead atoms. The van der Waals surface area contributed by atoms with Gasteiger partial charge in [0.2, 0.25) is 0 Å². The fourth-order valence-electron chi connectivity index (χ4n) is 2.49. The maximum atomic E-state index is 12.8. The Morgan fingerprint density at radius 3 is 2.26 bits per heavy atom. The maximum Gasteiger partial charge on any atom is 0.338 e. The molecule has 0 saturated carbocycles. The van der Waals surface area contributed by atoms with Gasteiger partial charge in [-0.1, -0.05) is 6.58 Å². The second-order valence-electron chi connectivity index (χ2n) is 6.18. The van der Waals surface area contributed by atoms with E-state index in [-0.39, 0.29) is 5.78 Å². The van der Waals surface area contributed by atoms with E-state index in [9.17, 15) is 9.59 Å². The Balaban J connectivity index is 2.10. The third-order valence-electron chi connectivity index (χ3n) is 4.03. The fraction of sp³-hybridized carbons (Fsp3) is 0.444. The standard InChI is InChI=1S/C18H23NO4/c1-13(2)17(21)23-15-7-5-14(6-8-15)16(20)18(3,4)19-9-11-22-12-10-19/h5-8H,1,9-12H2,2-4H3. The molecule has 0 radical (unpaired) electrons. The van der Waals surface area contributed by atoms with Gasteiger partial charge in [-0.25, -0.2) is 4.79 Å². The molecule has 5 heteroatoms. The average Bonchev–Trinajstić information content (AvgIpc) is 2.55. The number of carbonyl (C=O) groups excluding carboxylic acids is 2. The molecule has 0 spiro atoms. The molecular weight excluding hydrogens is 294 g/mol. The maximum absolute atomic E-state index is 12.8. The van der Waals surface area contributed by atoms with Crippen LogP contribution in [0, 0.1) is 0 Å². The van der Waals surface area contributed by atoms with E-state index < -0.39 is 11.5 Å². The average molecular weight is 317 g/mol. The minimum absolute atomic E-state index is 0.0391. The number of esters is 1. The van der Waals surface area contributed by atoms with Gasteiger partial charge < -0.3 is 9.47 Å². The zero-order valence-corrected chi connectivity index (χ0v) is 13.9. The van der Waals surface area contributed by atoms with Crippen LogP contribution >= 0.6 is 0 Å². The van der Waals surface area contributed by atoms with Gasteiger partial charge in [-0.05, 0) is 45.0 Å². The summed E-state index contributed by atoms with van der Waals surface area (Å²) < 4.78 is 10.5. The molecule has 1 aliphatic rings. The highest BCUT2D eigenvalue weighted by atomic mass is 16.5. The summed E-state index contributed by atoms with van der Waals surface area (Å²) in [4.78, 5) is 26.4. The van der Waals surface area contributed by atoms with E-state index >= 15 is 0 Å². The first-order chi connectivity index (χ1) is 10.8. The van der Waals surface area contributed by atoms with Crippen LogP contribution in [0.5, 0.6) is 5.75 Å². The Kier molecular flexibility index (Phi) is 5.34. The van der Waals surface area contributed by atoms with Crippen LogP contribution in [0.15, 0.2) is 36.4 Å². The third kappa shape index (κ3) is 4.06. The van der Waals surface area contributed by atoms with E-state index in [1.807, 2.05) is 13.8 Å². The molecule has 1 saturated heterocycles. The highest BCUT2D eigenvalue weighted by molar-refractivity contribution is 6.02. The minimum atomic E-state index is -0.598. The van der Waals surface area contributed by atoms with E-state index in [4.69, 9.17) is 9.47 Å². The van der Waals surface area contributed by atoms with Crippen LogP contribution in [-0.2, 0) is 9.53 Å². The summed E-state index contributed by atoms with van der Waals surface area (Å²) in [7, 11) is 0. The van der Waals surface area contributed by atoms with Crippen LogP contribution in [-0.4, -0.2) is 48.5 Å². The summed E-state index contributed by atoms with van der Waals surface area (Å²) in [6.45, 7) is 11.8. The molecule has 0 unspecified atom stereocenters. The van der Waals surface area contributed by atoms with Gasteiger partial charge in [-0.2, -0.15) is 0 Å². The van der Waals surface area contributed by atoms with Gasteiger partial charge in [0.25, 0.3) is 0 Å². The van der Waals surface area contributed by atoms with Crippen molar-refractivity contribution in [3.8, 4) is 5.75 Å². The number of carbonyl (C=O) groups is 2. The number of Topliss-reactive ketones (excluding diaryl/α,β-unsaturated/α-hetero) is 1. The molecule has 5 nitrogen and oxygen atoms in total. The van der Waals surface area contributed by atoms with Crippen LogP contribution < -0.4 is 4.74 Å². The van der Waals surface area contributed by atoms with E-state index in [1.165, 1.54) is 0 Å². The molecule has 1 fully saturated rings. The van der Waals surface area contributed by atoms with Gasteiger partial charge in [-0.3, -0.25) is 9.69 Å². The Bertz CT molecular complexity index is 598. The van der Waals surface area contributed by atoms with Crippen molar-refractivity contribution in [1.82, 2.24) is 4.90 Å². The predicted octanol–water partition coefficient (Wildman–Crippen LogP) is 2.46. The Morgan fingerprint density at radius 1 is 1.17 bits per heavy atom. The summed E-state index contributed by atoms with van der Waals surface area (Å²) in [5.41, 5.74) is 0.329. The summed E-state index contributed by atoms with van der Waals surface area (Å²) in [6.07, 6.45) is 0. The molecule has 0 aromatic heterocycles. The Labute approximate surface area is 136 Å². The Hall–Kier alpha value is -1.98. The lowest BCUT2D eigenvalue weighted by atomic mass is 9.91. The van der Waals surface area contributed by atoms with E-state index in [1.54, 1.807) is 31.2 Å². The molecule has 23 heavy (non-hydrogen) atoms. The van der Waals surface area contributed by atoms with Gasteiger partial charge in [-0.15, -0.1) is 0 Å². The van der Waals surface area contributed by atoms with E-state index in [0.717, 1.165) is 13.1 Å². The van der Waals surface area contributed by atoms with Crippen molar-refractivity contribution in [2.75, 3.05) is 26.3 Å². The van der Waals surface area contributed by atoms with Gasteiger partial charge in [0.15, 0.2) is 5.78 Å². The van der Waals surface area contributed by atoms with E-state index in [0.29, 0.717) is 30.1 Å². The first kappa shape index (κ1) is 17.4. The van der Waals surface area contributed by atoms with Crippen molar-refractivity contribution in [1.29, 1.82) is 0 Å². The zero-order chi connectivity index (χ0) is 17.0. The summed E-state index contributed by atoms with van der Waals surface area (Å²) >= 11 is 0. The first-order valence-corrected chi connectivity index (χ1v) is 7.67. The van der Waals surface area contributed by atoms with Crippen molar-refractivity contribution in [2.24, 2.45) is 0 Å². The van der Waals surface area contributed by atoms with Crippen LogP contribution in [0.1, 0.15) is 31.1 Å². The largest absolute Gasteiger partial charge is 0.423 e. The van der Waals surface area contributed by atoms with Crippen LogP contribution in [0.3, 0.4) is 0 Å². The third-order valence-corrected chi connectivity index (χ3v) is 4.03. The molecule has 1 heterocycles. The number of morpholine rings is 1. The quantitative estimate of drug-likeness (QED) is 0.361. The number of benzene rings is 1. The topological polar surface area (TPSA) is 55.8 Å². The lowest BCUT2D eigenvalue weighted by molar-refractivity contribution is -0.130. The van der Waals surface area contributed by atoms with Crippen molar-refractivity contribution >= 4 is 11.8 Å². The van der Waals surface area contributed by atoms with E-state index in [2.05, 4.69) is 11.5 Å². The van der Waals surface area contributed by atoms with Crippen LogP contribution in [0.2, 0.25) is 0 Å². The van der Waals surface area contributed by atoms with Crippen LogP contribution in [0.4, 0.5) is 0 Å². The van der Waals surface area contributed by atoms with Gasteiger partial charge in [0.05, 0.1) is 18.8 Å². The number of rotatable bonds is 5. The molecule has 2 rings (SSSR count). The van der Waals surface area contributed by atoms with Crippen molar-refractivity contribution in [2.45, 2.75) is 26.3 Å². The zero-order valence-electron chi connectivity index (χ0n) is 13.9. The lowest BCUT2D eigenvalue weighted by Crippen LogP contribution is -2.54. The number of nitrogens with zero attached hydrogens (tertiary/aromatic N) is 1. The van der Waals surface area contributed by atoms with Gasteiger partial charge in [0.1, 0.15) is 5.75 Å². The number of ether oxygens (including phenoxy) is 2. The Morgan fingerprint density at radius 2 is 1.74 bits per heavy atom. The number of hydrogen-bond donors (Lipinski definition) is 0. The number of hydrogen-bond acceptors (Lipinski definition) is 5. The highest BCUT2D eigenvalue weighted by Gasteiger charge is 2.35.